The van der Waals surface area contributed by atoms with Gasteiger partial charge in [-0.1, -0.05) is 94.8 Å². The Bertz CT molecular complexity index is 1330. The molecule has 0 bridgehead atoms. The van der Waals surface area contributed by atoms with Gasteiger partial charge in [0.1, 0.15) is 5.78 Å². The van der Waals surface area contributed by atoms with Gasteiger partial charge in [-0.15, -0.1) is 0 Å². The molecule has 3 aromatic rings. The van der Waals surface area contributed by atoms with Gasteiger partial charge in [0.05, 0.1) is 18.1 Å². The van der Waals surface area contributed by atoms with Crippen molar-refractivity contribution in [1.29, 1.82) is 0 Å². The van der Waals surface area contributed by atoms with Crippen LogP contribution in [0.2, 0.25) is 0 Å². The normalized spacial score (nSPS) is 21.6. The molecule has 36 heavy (non-hydrogen) atoms. The predicted molar refractivity (Wildman–Crippen MR) is 145 cm³/mol. The topological polar surface area (TPSA) is 55.7 Å². The minimum Gasteiger partial charge on any atom is -0.462 e. The third kappa shape index (κ3) is 4.98. The molecule has 3 atom stereocenters. The minimum absolute atomic E-state index is 0.0979. The number of benzene rings is 3. The summed E-state index contributed by atoms with van der Waals surface area (Å²) < 4.78 is 6.63. The lowest BCUT2D eigenvalue weighted by molar-refractivity contribution is -0.139. The second-order valence-corrected chi connectivity index (χ2v) is 10.3. The fourth-order valence-electron chi connectivity index (χ4n) is 5.45. The Morgan fingerprint density at radius 3 is 2.31 bits per heavy atom. The summed E-state index contributed by atoms with van der Waals surface area (Å²) in [7, 11) is 0. The maximum atomic E-state index is 13.7. The molecule has 3 unspecified atom stereocenters. The van der Waals surface area contributed by atoms with Crippen molar-refractivity contribution in [3.05, 3.63) is 117 Å². The van der Waals surface area contributed by atoms with Crippen LogP contribution < -0.4 is 0 Å². The van der Waals surface area contributed by atoms with Crippen LogP contribution in [-0.4, -0.2) is 24.1 Å². The number of hydrogen-bond acceptors (Lipinski definition) is 4. The molecule has 1 aliphatic heterocycles. The lowest BCUT2D eigenvalue weighted by atomic mass is 9.66. The highest BCUT2D eigenvalue weighted by atomic mass is 79.9. The molecule has 0 radical (unpaired) electrons. The van der Waals surface area contributed by atoms with Crippen molar-refractivity contribution >= 4 is 33.4 Å². The zero-order chi connectivity index (χ0) is 25.1. The molecule has 1 heterocycles. The third-order valence-electron chi connectivity index (χ3n) is 7.15. The lowest BCUT2D eigenvalue weighted by Gasteiger charge is -2.38. The van der Waals surface area contributed by atoms with Gasteiger partial charge >= 0.3 is 5.97 Å². The molecule has 2 aliphatic rings. The van der Waals surface area contributed by atoms with Crippen LogP contribution in [0.25, 0.3) is 0 Å². The molecule has 0 N–H and O–H groups in total. The Morgan fingerprint density at radius 2 is 1.58 bits per heavy atom. The first-order valence-electron chi connectivity index (χ1n) is 12.3. The number of aliphatic imine (C=N–C) groups is 1. The van der Waals surface area contributed by atoms with Crippen molar-refractivity contribution < 1.29 is 14.3 Å². The first kappa shape index (κ1) is 24.4. The van der Waals surface area contributed by atoms with Gasteiger partial charge in [-0.25, -0.2) is 4.79 Å². The van der Waals surface area contributed by atoms with Gasteiger partial charge in [0.15, 0.2) is 0 Å². The molecule has 1 fully saturated rings. The van der Waals surface area contributed by atoms with E-state index in [1.54, 1.807) is 0 Å². The van der Waals surface area contributed by atoms with Gasteiger partial charge < -0.3 is 4.74 Å². The van der Waals surface area contributed by atoms with Crippen LogP contribution in [0.1, 0.15) is 48.3 Å². The molecular formula is C31H28BrNO3. The van der Waals surface area contributed by atoms with E-state index in [-0.39, 0.29) is 18.3 Å². The number of Topliss-reactive ketones (excluding diaryl/α,β-unsaturated/α-hetero) is 1. The van der Waals surface area contributed by atoms with Crippen molar-refractivity contribution in [2.45, 2.75) is 38.0 Å². The highest BCUT2D eigenvalue weighted by molar-refractivity contribution is 9.10. The Morgan fingerprint density at radius 1 is 0.917 bits per heavy atom. The maximum absolute atomic E-state index is 13.7. The summed E-state index contributed by atoms with van der Waals surface area (Å²) in [5, 5.41) is 0. The van der Waals surface area contributed by atoms with E-state index < -0.39 is 17.8 Å². The molecule has 4 nitrogen and oxygen atoms in total. The van der Waals surface area contributed by atoms with Crippen LogP contribution >= 0.6 is 15.9 Å². The van der Waals surface area contributed by atoms with Crippen LogP contribution in [0.5, 0.6) is 0 Å². The smallest absolute Gasteiger partial charge is 0.336 e. The fraction of sp³-hybridized carbons (Fsp3) is 0.258. The van der Waals surface area contributed by atoms with Crippen LogP contribution in [0.3, 0.4) is 0 Å². The van der Waals surface area contributed by atoms with Crippen molar-refractivity contribution in [3.63, 3.8) is 0 Å². The molecule has 0 spiro atoms. The number of carbonyl (C=O) groups is 2. The number of halogens is 1. The Kier molecular flexibility index (Phi) is 7.28. The maximum Gasteiger partial charge on any atom is 0.336 e. The molecule has 0 aromatic heterocycles. The summed E-state index contributed by atoms with van der Waals surface area (Å²) in [6, 6.07) is 27.9. The first-order chi connectivity index (χ1) is 17.5. The number of allylic oxidation sites excluding steroid dienone is 1. The molecule has 3 aromatic carbocycles. The first-order valence-corrected chi connectivity index (χ1v) is 13.1. The minimum atomic E-state index is -0.468. The SMILES string of the molecule is CC1=C(C(=O)OCCc2ccccc2)C(c2ccccc2Br)C2C(=O)CC(c3ccccc3)CC2=N1. The molecule has 0 amide bonds. The summed E-state index contributed by atoms with van der Waals surface area (Å²) in [5.41, 5.74) is 5.15. The summed E-state index contributed by atoms with van der Waals surface area (Å²) in [5.74, 6) is -1.08. The molecule has 5 rings (SSSR count). The highest BCUT2D eigenvalue weighted by Crippen LogP contribution is 2.47. The van der Waals surface area contributed by atoms with Gasteiger partial charge in [0.2, 0.25) is 0 Å². The van der Waals surface area contributed by atoms with Crippen molar-refractivity contribution in [2.75, 3.05) is 6.61 Å². The van der Waals surface area contributed by atoms with Gasteiger partial charge in [0, 0.05) is 34.6 Å². The molecule has 1 saturated carbocycles. The quantitative estimate of drug-likeness (QED) is 0.322. The zero-order valence-electron chi connectivity index (χ0n) is 20.2. The predicted octanol–water partition coefficient (Wildman–Crippen LogP) is 6.81. The lowest BCUT2D eigenvalue weighted by Crippen LogP contribution is -2.41. The number of fused-ring (bicyclic) bond motifs is 1. The average molecular weight is 542 g/mol. The van der Waals surface area contributed by atoms with Gasteiger partial charge in [-0.05, 0) is 42.0 Å². The molecule has 0 saturated heterocycles. The highest BCUT2D eigenvalue weighted by Gasteiger charge is 2.46. The Labute approximate surface area is 220 Å². The molecule has 182 valence electrons. The third-order valence-corrected chi connectivity index (χ3v) is 7.87. The molecule has 1 aliphatic carbocycles. The zero-order valence-corrected chi connectivity index (χ0v) is 21.8. The fourth-order valence-corrected chi connectivity index (χ4v) is 5.98. The van der Waals surface area contributed by atoms with Crippen LogP contribution in [-0.2, 0) is 20.7 Å². The van der Waals surface area contributed by atoms with E-state index in [1.165, 1.54) is 0 Å². The Hall–Kier alpha value is -3.31. The standard InChI is InChI=1S/C31H28BrNO3/c1-20-28(31(35)36-17-16-21-10-4-2-5-11-21)29(24-14-8-9-15-25(24)32)30-26(33-20)18-23(19-27(30)34)22-12-6-3-7-13-22/h2-15,23,29-30H,16-19H2,1H3. The van der Waals surface area contributed by atoms with Gasteiger partial charge in [0.25, 0.3) is 0 Å². The number of hydrogen-bond donors (Lipinski definition) is 0. The van der Waals surface area contributed by atoms with E-state index in [0.717, 1.165) is 26.9 Å². The van der Waals surface area contributed by atoms with E-state index >= 15 is 0 Å². The number of ether oxygens (including phenoxy) is 1. The molecular weight excluding hydrogens is 514 g/mol. The Balaban J connectivity index is 1.48. The summed E-state index contributed by atoms with van der Waals surface area (Å²) in [4.78, 5) is 32.1. The van der Waals surface area contributed by atoms with Crippen molar-refractivity contribution in [2.24, 2.45) is 10.9 Å². The summed E-state index contributed by atoms with van der Waals surface area (Å²) >= 11 is 3.67. The number of carbonyl (C=O) groups excluding carboxylic acids is 2. The molecule has 5 heteroatoms. The largest absolute Gasteiger partial charge is 0.462 e. The second-order valence-electron chi connectivity index (χ2n) is 9.43. The number of ketones is 1. The van der Waals surface area contributed by atoms with Crippen LogP contribution in [0.15, 0.2) is 106 Å². The van der Waals surface area contributed by atoms with Crippen molar-refractivity contribution in [3.8, 4) is 0 Å². The second kappa shape index (κ2) is 10.8. The van der Waals surface area contributed by atoms with E-state index in [1.807, 2.05) is 79.7 Å². The summed E-state index contributed by atoms with van der Waals surface area (Å²) in [6.07, 6.45) is 1.77. The van der Waals surface area contributed by atoms with E-state index in [2.05, 4.69) is 28.1 Å². The van der Waals surface area contributed by atoms with E-state index in [4.69, 9.17) is 9.73 Å². The number of rotatable bonds is 6. The van der Waals surface area contributed by atoms with Crippen LogP contribution in [0, 0.1) is 5.92 Å². The number of nitrogens with zero attached hydrogens (tertiary/aromatic N) is 1. The monoisotopic (exact) mass is 541 g/mol. The van der Waals surface area contributed by atoms with Crippen LogP contribution in [0.4, 0.5) is 0 Å². The van der Waals surface area contributed by atoms with Crippen molar-refractivity contribution in [1.82, 2.24) is 0 Å². The average Bonchev–Trinajstić information content (AvgIpc) is 2.89. The van der Waals surface area contributed by atoms with E-state index in [0.29, 0.717) is 30.5 Å². The van der Waals surface area contributed by atoms with E-state index in [9.17, 15) is 9.59 Å². The van der Waals surface area contributed by atoms with Gasteiger partial charge in [-0.2, -0.15) is 0 Å². The number of esters is 1. The van der Waals surface area contributed by atoms with Gasteiger partial charge in [-0.3, -0.25) is 9.79 Å². The summed E-state index contributed by atoms with van der Waals surface area (Å²) in [6.45, 7) is 2.13.